The predicted molar refractivity (Wildman–Crippen MR) is 128 cm³/mol. The Hall–Kier alpha value is -2.87. The number of fused-ring (bicyclic) bond motifs is 2. The van der Waals surface area contributed by atoms with Crippen molar-refractivity contribution in [3.05, 3.63) is 47.6 Å². The molecule has 2 aromatic heterocycles. The molecule has 1 aromatic carbocycles. The zero-order chi connectivity index (χ0) is 22.9. The number of piperidine rings is 1. The molecule has 2 fully saturated rings. The van der Waals surface area contributed by atoms with Gasteiger partial charge in [0.15, 0.2) is 0 Å². The second-order valence-electron chi connectivity index (χ2n) is 8.96. The van der Waals surface area contributed by atoms with Gasteiger partial charge in [-0.25, -0.2) is 14.4 Å². The van der Waals surface area contributed by atoms with Crippen molar-refractivity contribution in [2.75, 3.05) is 29.9 Å². The van der Waals surface area contributed by atoms with Gasteiger partial charge >= 0.3 is 0 Å². The molecule has 7 nitrogen and oxygen atoms in total. The number of halogens is 2. The average Bonchev–Trinajstić information content (AvgIpc) is 3.44. The van der Waals surface area contributed by atoms with E-state index in [-0.39, 0.29) is 11.9 Å². The molecule has 0 saturated carbocycles. The van der Waals surface area contributed by atoms with Crippen LogP contribution in [-0.4, -0.2) is 57.5 Å². The van der Waals surface area contributed by atoms with Crippen LogP contribution < -0.4 is 10.2 Å². The number of hydrogen-bond acceptors (Lipinski definition) is 5. The van der Waals surface area contributed by atoms with Crippen molar-refractivity contribution in [2.45, 2.75) is 44.7 Å². The molecule has 174 valence electrons. The number of nitrogens with zero attached hydrogens (tertiary/aromatic N) is 4. The van der Waals surface area contributed by atoms with Gasteiger partial charge in [0.05, 0.1) is 11.4 Å². The number of aromatic nitrogens is 3. The minimum atomic E-state index is -0.422. The van der Waals surface area contributed by atoms with Crippen molar-refractivity contribution in [1.29, 1.82) is 0 Å². The summed E-state index contributed by atoms with van der Waals surface area (Å²) < 4.78 is 13.8. The normalized spacial score (nSPS) is 21.3. The highest BCUT2D eigenvalue weighted by Crippen LogP contribution is 2.37. The molecule has 5 rings (SSSR count). The van der Waals surface area contributed by atoms with Gasteiger partial charge in [-0.15, -0.1) is 0 Å². The Morgan fingerprint density at radius 2 is 2.15 bits per heavy atom. The topological polar surface area (TPSA) is 77.2 Å². The van der Waals surface area contributed by atoms with Crippen molar-refractivity contribution < 1.29 is 9.18 Å². The summed E-state index contributed by atoms with van der Waals surface area (Å²) >= 11 is 6.01. The van der Waals surface area contributed by atoms with Gasteiger partial charge in [-0.2, -0.15) is 0 Å². The Kier molecular flexibility index (Phi) is 6.10. The summed E-state index contributed by atoms with van der Waals surface area (Å²) in [5.41, 5.74) is 1.35. The third kappa shape index (κ3) is 4.36. The third-order valence-electron chi connectivity index (χ3n) is 6.86. The number of likely N-dealkylation sites (tertiary alicyclic amines) is 1. The minimum absolute atomic E-state index is 0.0528. The number of anilines is 2. The fraction of sp³-hybridized carbons (Fsp3) is 0.458. The lowest BCUT2D eigenvalue weighted by molar-refractivity contribution is -0.133. The first kappa shape index (κ1) is 21.9. The number of carbonyl (C=O) groups is 1. The maximum Gasteiger partial charge on any atom is 0.245 e. The molecule has 0 aliphatic carbocycles. The Morgan fingerprint density at radius 1 is 1.30 bits per heavy atom. The van der Waals surface area contributed by atoms with Gasteiger partial charge in [-0.3, -0.25) is 4.79 Å². The lowest BCUT2D eigenvalue weighted by Gasteiger charge is -2.40. The van der Waals surface area contributed by atoms with Gasteiger partial charge in [0.25, 0.3) is 0 Å². The Morgan fingerprint density at radius 3 is 2.97 bits per heavy atom. The molecule has 2 aliphatic rings. The number of H-pyrrole nitrogens is 1. The highest BCUT2D eigenvalue weighted by Gasteiger charge is 2.41. The van der Waals surface area contributed by atoms with Crippen molar-refractivity contribution in [2.24, 2.45) is 5.92 Å². The van der Waals surface area contributed by atoms with Crippen LogP contribution >= 0.6 is 11.6 Å². The van der Waals surface area contributed by atoms with Gasteiger partial charge in [-0.1, -0.05) is 24.9 Å². The second-order valence-corrected chi connectivity index (χ2v) is 9.40. The number of carbonyl (C=O) groups excluding carboxylic acids is 1. The monoisotopic (exact) mass is 470 g/mol. The molecule has 0 bridgehead atoms. The smallest absolute Gasteiger partial charge is 0.245 e. The number of rotatable bonds is 6. The van der Waals surface area contributed by atoms with Crippen LogP contribution in [-0.2, 0) is 4.79 Å². The molecule has 9 heteroatoms. The van der Waals surface area contributed by atoms with Crippen molar-refractivity contribution >= 4 is 40.0 Å². The summed E-state index contributed by atoms with van der Waals surface area (Å²) in [6, 6.07) is 6.11. The molecule has 4 heterocycles. The molecule has 2 aliphatic heterocycles. The van der Waals surface area contributed by atoms with Crippen molar-refractivity contribution in [3.63, 3.8) is 0 Å². The van der Waals surface area contributed by atoms with Gasteiger partial charge in [0.1, 0.15) is 29.7 Å². The first-order chi connectivity index (χ1) is 16.0. The first-order valence-corrected chi connectivity index (χ1v) is 12.0. The Labute approximate surface area is 197 Å². The SMILES string of the molecule is CCC[C@@H](Nc1cc(F)cc(Cl)c1)C(=O)N1CCC2CCN(c3ncnc4[nH]ccc34)C2C1. The lowest BCUT2D eigenvalue weighted by Crippen LogP contribution is -2.53. The molecule has 0 radical (unpaired) electrons. The van der Waals surface area contributed by atoms with E-state index in [0.717, 1.165) is 49.2 Å². The van der Waals surface area contributed by atoms with Crippen LogP contribution in [0.1, 0.15) is 32.6 Å². The molecule has 1 amide bonds. The van der Waals surface area contributed by atoms with E-state index in [0.29, 0.717) is 29.6 Å². The first-order valence-electron chi connectivity index (χ1n) is 11.6. The highest BCUT2D eigenvalue weighted by molar-refractivity contribution is 6.30. The van der Waals surface area contributed by atoms with Crippen molar-refractivity contribution in [3.8, 4) is 0 Å². The Bertz CT molecular complexity index is 1130. The maximum absolute atomic E-state index is 13.8. The largest absolute Gasteiger partial charge is 0.374 e. The molecule has 0 spiro atoms. The van der Waals surface area contributed by atoms with E-state index in [1.165, 1.54) is 12.1 Å². The van der Waals surface area contributed by atoms with Gasteiger partial charge in [-0.05, 0) is 49.4 Å². The molecule has 2 saturated heterocycles. The molecule has 3 atom stereocenters. The predicted octanol–water partition coefficient (Wildman–Crippen LogP) is 4.46. The lowest BCUT2D eigenvalue weighted by atomic mass is 9.91. The summed E-state index contributed by atoms with van der Waals surface area (Å²) in [4.78, 5) is 29.9. The molecule has 2 N–H and O–H groups in total. The molecule has 2 unspecified atom stereocenters. The molecular weight excluding hydrogens is 443 g/mol. The summed E-state index contributed by atoms with van der Waals surface area (Å²) in [6.07, 6.45) is 7.05. The summed E-state index contributed by atoms with van der Waals surface area (Å²) in [6.45, 7) is 4.37. The van der Waals surface area contributed by atoms with Gasteiger partial charge in [0.2, 0.25) is 5.91 Å². The highest BCUT2D eigenvalue weighted by atomic mass is 35.5. The number of benzene rings is 1. The fourth-order valence-corrected chi connectivity index (χ4v) is 5.52. The number of hydrogen-bond donors (Lipinski definition) is 2. The fourth-order valence-electron chi connectivity index (χ4n) is 5.30. The van der Waals surface area contributed by atoms with E-state index >= 15 is 0 Å². The van der Waals surface area contributed by atoms with Crippen molar-refractivity contribution in [1.82, 2.24) is 19.9 Å². The van der Waals surface area contributed by atoms with Gasteiger partial charge < -0.3 is 20.1 Å². The minimum Gasteiger partial charge on any atom is -0.374 e. The van der Waals surface area contributed by atoms with Crippen LogP contribution in [0.4, 0.5) is 15.9 Å². The summed E-state index contributed by atoms with van der Waals surface area (Å²) in [7, 11) is 0. The second kappa shape index (κ2) is 9.17. The summed E-state index contributed by atoms with van der Waals surface area (Å²) in [5, 5.41) is 4.55. The van der Waals surface area contributed by atoms with Gasteiger partial charge in [0, 0.05) is 36.5 Å². The van der Waals surface area contributed by atoms with E-state index < -0.39 is 11.9 Å². The standard InChI is InChI=1S/C24H28ClFN6O/c1-2-3-20(30-18-11-16(25)10-17(26)12-18)24(33)31-8-5-15-6-9-32(21(15)13-31)23-19-4-7-27-22(19)28-14-29-23/h4,7,10-12,14-15,20-21,30H,2-3,5-6,8-9,13H2,1H3,(H,27,28,29)/t15?,20-,21?/m1/s1. The molecule has 3 aromatic rings. The van der Waals surface area contributed by atoms with Crippen LogP contribution in [0.2, 0.25) is 5.02 Å². The number of aromatic amines is 1. The van der Waals surface area contributed by atoms with Crippen LogP contribution in [0.25, 0.3) is 11.0 Å². The van der Waals surface area contributed by atoms with Crippen LogP contribution in [0, 0.1) is 11.7 Å². The van der Waals surface area contributed by atoms with E-state index in [9.17, 15) is 9.18 Å². The van der Waals surface area contributed by atoms with E-state index in [4.69, 9.17) is 11.6 Å². The molecule has 33 heavy (non-hydrogen) atoms. The van der Waals surface area contributed by atoms with Crippen LogP contribution in [0.5, 0.6) is 0 Å². The third-order valence-corrected chi connectivity index (χ3v) is 7.08. The number of amides is 1. The van der Waals surface area contributed by atoms with E-state index in [1.807, 2.05) is 24.1 Å². The average molecular weight is 471 g/mol. The zero-order valence-electron chi connectivity index (χ0n) is 18.6. The molecular formula is C24H28ClFN6O. The summed E-state index contributed by atoms with van der Waals surface area (Å²) in [5.74, 6) is 1.10. The van der Waals surface area contributed by atoms with Crippen LogP contribution in [0.15, 0.2) is 36.8 Å². The number of nitrogens with one attached hydrogen (secondary N) is 2. The maximum atomic E-state index is 13.8. The van der Waals surface area contributed by atoms with E-state index in [2.05, 4.69) is 25.2 Å². The zero-order valence-corrected chi connectivity index (χ0v) is 19.4. The Balaban J connectivity index is 1.35. The quantitative estimate of drug-likeness (QED) is 0.556. The van der Waals surface area contributed by atoms with E-state index in [1.54, 1.807) is 12.4 Å². The van der Waals surface area contributed by atoms with Crippen LogP contribution in [0.3, 0.4) is 0 Å².